The van der Waals surface area contributed by atoms with Crippen LogP contribution in [0.2, 0.25) is 0 Å². The molecule has 0 radical (unpaired) electrons. The maximum Gasteiger partial charge on any atom is 0.267 e. The van der Waals surface area contributed by atoms with E-state index in [0.717, 1.165) is 68.4 Å². The lowest BCUT2D eigenvalue weighted by atomic mass is 10.1. The fraction of sp³-hybridized carbons (Fsp3) is 0.357. The number of hydroxylamine groups is 1. The van der Waals surface area contributed by atoms with Gasteiger partial charge in [-0.25, -0.2) is 5.48 Å². The van der Waals surface area contributed by atoms with Gasteiger partial charge in [0.05, 0.1) is 0 Å². The van der Waals surface area contributed by atoms with Gasteiger partial charge in [0, 0.05) is 55.3 Å². The molecule has 0 saturated heterocycles. The van der Waals surface area contributed by atoms with Crippen LogP contribution < -0.4 is 10.8 Å². The Morgan fingerprint density at radius 1 is 1.06 bits per heavy atom. The van der Waals surface area contributed by atoms with Crippen molar-refractivity contribution in [1.29, 1.82) is 0 Å². The molecule has 2 aromatic carbocycles. The van der Waals surface area contributed by atoms with Gasteiger partial charge in [-0.15, -0.1) is 0 Å². The zero-order valence-corrected chi connectivity index (χ0v) is 20.0. The lowest BCUT2D eigenvalue weighted by Gasteiger charge is -2.23. The largest absolute Gasteiger partial charge is 0.361 e. The topological polar surface area (TPSA) is 97.5 Å². The summed E-state index contributed by atoms with van der Waals surface area (Å²) in [4.78, 5) is 29.4. The summed E-state index contributed by atoms with van der Waals surface area (Å²) >= 11 is 0. The number of rotatable bonds is 11. The first-order chi connectivity index (χ1) is 17.1. The van der Waals surface area contributed by atoms with Crippen molar-refractivity contribution in [2.45, 2.75) is 38.6 Å². The van der Waals surface area contributed by atoms with Crippen LogP contribution in [0.15, 0.2) is 60.8 Å². The fourth-order valence-electron chi connectivity index (χ4n) is 4.76. The van der Waals surface area contributed by atoms with Crippen LogP contribution in [0.3, 0.4) is 0 Å². The summed E-state index contributed by atoms with van der Waals surface area (Å²) in [6.07, 6.45) is 10.3. The highest BCUT2D eigenvalue weighted by Gasteiger charge is 2.22. The number of benzene rings is 2. The van der Waals surface area contributed by atoms with E-state index in [4.69, 9.17) is 5.21 Å². The third-order valence-corrected chi connectivity index (χ3v) is 6.75. The van der Waals surface area contributed by atoms with Crippen LogP contribution in [-0.2, 0) is 22.6 Å². The third-order valence-electron chi connectivity index (χ3n) is 6.75. The Labute approximate surface area is 206 Å². The summed E-state index contributed by atoms with van der Waals surface area (Å²) in [5.41, 5.74) is 6.08. The number of amides is 2. The number of aromatic amines is 1. The standard InChI is InChI=1S/C28H34N4O3/c33-27(31-35)14-13-21-9-11-22(12-10-21)20-32(18-16-29-28(34)23-5-1-2-6-23)17-15-24-19-30-26-8-4-3-7-25(24)26/h3-4,7-14,19,23,30,35H,1-2,5-6,15-18,20H2,(H,29,34)(H,31,33)/b14-13+. The van der Waals surface area contributed by atoms with Gasteiger partial charge < -0.3 is 10.3 Å². The third kappa shape index (κ3) is 7.04. The van der Waals surface area contributed by atoms with Crippen molar-refractivity contribution in [2.24, 2.45) is 5.92 Å². The van der Waals surface area contributed by atoms with Crippen LogP contribution >= 0.6 is 0 Å². The zero-order chi connectivity index (χ0) is 24.5. The Bertz CT molecular complexity index is 1150. The van der Waals surface area contributed by atoms with Crippen molar-refractivity contribution in [1.82, 2.24) is 20.7 Å². The second-order valence-electron chi connectivity index (χ2n) is 9.21. The number of carbonyl (C=O) groups excluding carboxylic acids is 2. The Morgan fingerprint density at radius 2 is 1.83 bits per heavy atom. The maximum atomic E-state index is 12.5. The molecule has 1 aromatic heterocycles. The molecule has 7 heteroatoms. The van der Waals surface area contributed by atoms with E-state index in [1.54, 1.807) is 11.6 Å². The van der Waals surface area contributed by atoms with E-state index < -0.39 is 5.91 Å². The van der Waals surface area contributed by atoms with Gasteiger partial charge >= 0.3 is 0 Å². The first-order valence-electron chi connectivity index (χ1n) is 12.4. The SMILES string of the molecule is O=C(/C=C/c1ccc(CN(CCNC(=O)C2CCCC2)CCc2c[nH]c3ccccc23)cc1)NO. The molecular formula is C28H34N4O3. The number of fused-ring (bicyclic) bond motifs is 1. The summed E-state index contributed by atoms with van der Waals surface area (Å²) in [7, 11) is 0. The molecule has 0 aliphatic heterocycles. The molecule has 4 N–H and O–H groups in total. The van der Waals surface area contributed by atoms with Crippen molar-refractivity contribution in [2.75, 3.05) is 19.6 Å². The summed E-state index contributed by atoms with van der Waals surface area (Å²) in [5, 5.41) is 13.0. The number of hydrogen-bond acceptors (Lipinski definition) is 4. The first-order valence-corrected chi connectivity index (χ1v) is 12.4. The Hall–Kier alpha value is -3.42. The minimum atomic E-state index is -0.558. The molecule has 3 aromatic rings. The Balaban J connectivity index is 1.38. The van der Waals surface area contributed by atoms with Crippen molar-refractivity contribution >= 4 is 28.8 Å². The second kappa shape index (κ2) is 12.3. The van der Waals surface area contributed by atoms with E-state index >= 15 is 0 Å². The minimum Gasteiger partial charge on any atom is -0.361 e. The molecule has 2 amide bonds. The van der Waals surface area contributed by atoms with Crippen LogP contribution in [0.25, 0.3) is 17.0 Å². The van der Waals surface area contributed by atoms with Gasteiger partial charge in [0.1, 0.15) is 0 Å². The summed E-state index contributed by atoms with van der Waals surface area (Å²) in [6.45, 7) is 3.06. The average molecular weight is 475 g/mol. The van der Waals surface area contributed by atoms with Crippen LogP contribution in [0, 0.1) is 5.92 Å². The van der Waals surface area contributed by atoms with Crippen molar-refractivity contribution < 1.29 is 14.8 Å². The van der Waals surface area contributed by atoms with Crippen LogP contribution in [0.5, 0.6) is 0 Å². The van der Waals surface area contributed by atoms with Gasteiger partial charge in [-0.3, -0.25) is 19.7 Å². The fourth-order valence-corrected chi connectivity index (χ4v) is 4.76. The Kier molecular flexibility index (Phi) is 8.70. The maximum absolute atomic E-state index is 12.5. The Morgan fingerprint density at radius 3 is 2.60 bits per heavy atom. The lowest BCUT2D eigenvalue weighted by Crippen LogP contribution is -2.37. The highest BCUT2D eigenvalue weighted by molar-refractivity contribution is 5.90. The predicted molar refractivity (Wildman–Crippen MR) is 138 cm³/mol. The number of nitrogens with zero attached hydrogens (tertiary/aromatic N) is 1. The summed E-state index contributed by atoms with van der Waals surface area (Å²) in [5.74, 6) is -0.178. The van der Waals surface area contributed by atoms with E-state index in [1.807, 2.05) is 30.3 Å². The predicted octanol–water partition coefficient (Wildman–Crippen LogP) is 4.04. The molecule has 0 unspecified atom stereocenters. The second-order valence-corrected chi connectivity index (χ2v) is 9.21. The lowest BCUT2D eigenvalue weighted by molar-refractivity contribution is -0.125. The smallest absolute Gasteiger partial charge is 0.267 e. The highest BCUT2D eigenvalue weighted by Crippen LogP contribution is 2.24. The summed E-state index contributed by atoms with van der Waals surface area (Å²) in [6, 6.07) is 16.4. The van der Waals surface area contributed by atoms with Crippen LogP contribution in [-0.4, -0.2) is 46.5 Å². The number of carbonyl (C=O) groups is 2. The molecule has 0 bridgehead atoms. The molecule has 1 aliphatic carbocycles. The zero-order valence-electron chi connectivity index (χ0n) is 20.0. The van der Waals surface area contributed by atoms with Crippen LogP contribution in [0.4, 0.5) is 0 Å². The van der Waals surface area contributed by atoms with E-state index in [9.17, 15) is 9.59 Å². The number of H-pyrrole nitrogens is 1. The molecule has 0 spiro atoms. The van der Waals surface area contributed by atoms with Gasteiger partial charge in [-0.05, 0) is 48.1 Å². The van der Waals surface area contributed by atoms with Crippen molar-refractivity contribution in [3.05, 3.63) is 77.5 Å². The monoisotopic (exact) mass is 474 g/mol. The van der Waals surface area contributed by atoms with Crippen molar-refractivity contribution in [3.8, 4) is 0 Å². The van der Waals surface area contributed by atoms with E-state index in [1.165, 1.54) is 17.0 Å². The van der Waals surface area contributed by atoms with Gasteiger partial charge in [-0.1, -0.05) is 55.3 Å². The molecule has 7 nitrogen and oxygen atoms in total. The van der Waals surface area contributed by atoms with Crippen molar-refractivity contribution in [3.63, 3.8) is 0 Å². The molecule has 1 aliphatic rings. The molecule has 1 saturated carbocycles. The highest BCUT2D eigenvalue weighted by atomic mass is 16.5. The number of aromatic nitrogens is 1. The van der Waals surface area contributed by atoms with Gasteiger partial charge in [-0.2, -0.15) is 0 Å². The molecule has 35 heavy (non-hydrogen) atoms. The molecule has 1 heterocycles. The van der Waals surface area contributed by atoms with Gasteiger partial charge in [0.2, 0.25) is 5.91 Å². The molecular weight excluding hydrogens is 440 g/mol. The first kappa shape index (κ1) is 24.7. The minimum absolute atomic E-state index is 0.184. The number of para-hydroxylation sites is 1. The van der Waals surface area contributed by atoms with E-state index in [0.29, 0.717) is 6.54 Å². The quantitative estimate of drug-likeness (QED) is 0.192. The van der Waals surface area contributed by atoms with Gasteiger partial charge in [0.25, 0.3) is 5.91 Å². The molecule has 4 rings (SSSR count). The normalized spacial score (nSPS) is 14.2. The molecule has 184 valence electrons. The number of nitrogens with one attached hydrogen (secondary N) is 3. The summed E-state index contributed by atoms with van der Waals surface area (Å²) < 4.78 is 0. The molecule has 1 fully saturated rings. The van der Waals surface area contributed by atoms with Gasteiger partial charge in [0.15, 0.2) is 0 Å². The van der Waals surface area contributed by atoms with E-state index in [-0.39, 0.29) is 11.8 Å². The van der Waals surface area contributed by atoms with Crippen LogP contribution in [0.1, 0.15) is 42.4 Å². The number of hydrogen-bond donors (Lipinski definition) is 4. The molecule has 0 atom stereocenters. The van der Waals surface area contributed by atoms with E-state index in [2.05, 4.69) is 39.6 Å². The average Bonchev–Trinajstić information content (AvgIpc) is 3.57.